The van der Waals surface area contributed by atoms with E-state index >= 15 is 0 Å². The Balaban J connectivity index is 2.28. The van der Waals surface area contributed by atoms with Crippen molar-refractivity contribution in [2.24, 2.45) is 5.84 Å². The maximum Gasteiger partial charge on any atom is 0.123 e. The second kappa shape index (κ2) is 6.88. The van der Waals surface area contributed by atoms with E-state index < -0.39 is 0 Å². The molecule has 2 aromatic carbocycles. The second-order valence-corrected chi connectivity index (χ2v) is 5.71. The lowest BCUT2D eigenvalue weighted by Gasteiger charge is -2.20. The first-order valence-corrected chi connectivity index (χ1v) is 7.28. The highest BCUT2D eigenvalue weighted by Crippen LogP contribution is 2.28. The highest BCUT2D eigenvalue weighted by Gasteiger charge is 2.15. The average molecular weight is 335 g/mol. The van der Waals surface area contributed by atoms with Crippen LogP contribution >= 0.6 is 15.9 Å². The van der Waals surface area contributed by atoms with Crippen LogP contribution in [0.25, 0.3) is 0 Å². The van der Waals surface area contributed by atoms with Crippen molar-refractivity contribution in [3.63, 3.8) is 0 Å². The molecule has 0 spiro atoms. The Labute approximate surface area is 128 Å². The highest BCUT2D eigenvalue weighted by atomic mass is 79.9. The summed E-state index contributed by atoms with van der Waals surface area (Å²) in [5, 5.41) is 0. The molecular weight excluding hydrogens is 316 g/mol. The fraction of sp³-hybridized carbons (Fsp3) is 0.250. The molecule has 0 saturated carbocycles. The number of hydrogen-bond acceptors (Lipinski definition) is 3. The maximum absolute atomic E-state index is 5.74. The average Bonchev–Trinajstić information content (AvgIpc) is 2.46. The molecule has 0 amide bonds. The third kappa shape index (κ3) is 3.60. The summed E-state index contributed by atoms with van der Waals surface area (Å²) in [5.41, 5.74) is 6.39. The Kier molecular flexibility index (Phi) is 5.17. The van der Waals surface area contributed by atoms with Crippen LogP contribution in [-0.4, -0.2) is 7.11 Å². The van der Waals surface area contributed by atoms with Crippen molar-refractivity contribution in [2.45, 2.75) is 19.4 Å². The van der Waals surface area contributed by atoms with Gasteiger partial charge in [0.25, 0.3) is 0 Å². The number of halogens is 1. The summed E-state index contributed by atoms with van der Waals surface area (Å²) < 4.78 is 6.51. The van der Waals surface area contributed by atoms with Crippen LogP contribution in [0.5, 0.6) is 5.75 Å². The summed E-state index contributed by atoms with van der Waals surface area (Å²) in [6.07, 6.45) is 0.809. The summed E-state index contributed by atoms with van der Waals surface area (Å²) >= 11 is 3.45. The Hall–Kier alpha value is -1.36. The third-order valence-corrected chi connectivity index (χ3v) is 3.84. The van der Waals surface area contributed by atoms with Crippen LogP contribution in [0.1, 0.15) is 22.7 Å². The molecular formula is C16H19BrN2O. The summed E-state index contributed by atoms with van der Waals surface area (Å²) in [5.74, 6) is 6.60. The van der Waals surface area contributed by atoms with Gasteiger partial charge in [-0.3, -0.25) is 11.3 Å². The Morgan fingerprint density at radius 3 is 2.50 bits per heavy atom. The van der Waals surface area contributed by atoms with Crippen molar-refractivity contribution in [2.75, 3.05) is 7.11 Å². The van der Waals surface area contributed by atoms with Gasteiger partial charge in [0.15, 0.2) is 0 Å². The van der Waals surface area contributed by atoms with Crippen molar-refractivity contribution in [3.8, 4) is 5.75 Å². The van der Waals surface area contributed by atoms with Crippen molar-refractivity contribution in [1.29, 1.82) is 0 Å². The summed E-state index contributed by atoms with van der Waals surface area (Å²) in [6, 6.07) is 14.4. The predicted molar refractivity (Wildman–Crippen MR) is 85.6 cm³/mol. The van der Waals surface area contributed by atoms with Gasteiger partial charge >= 0.3 is 0 Å². The molecule has 0 aliphatic carbocycles. The lowest BCUT2D eigenvalue weighted by molar-refractivity contribution is 0.399. The standard InChI is InChI=1S/C16H19BrN2O/c1-11-3-8-16(20-2)14(9-11)15(19-18)10-12-4-6-13(17)7-5-12/h3-9,15,19H,10,18H2,1-2H3. The molecule has 4 heteroatoms. The van der Waals surface area contributed by atoms with Crippen LogP contribution in [0.4, 0.5) is 0 Å². The van der Waals surface area contributed by atoms with Gasteiger partial charge in [0.2, 0.25) is 0 Å². The molecule has 1 atom stereocenters. The molecule has 3 N–H and O–H groups in total. The molecule has 0 aliphatic heterocycles. The van der Waals surface area contributed by atoms with Gasteiger partial charge in [0.1, 0.15) is 5.75 Å². The molecule has 0 radical (unpaired) electrons. The van der Waals surface area contributed by atoms with E-state index in [0.717, 1.165) is 22.2 Å². The van der Waals surface area contributed by atoms with Gasteiger partial charge in [-0.05, 0) is 37.1 Å². The van der Waals surface area contributed by atoms with Crippen molar-refractivity contribution in [3.05, 3.63) is 63.6 Å². The molecule has 106 valence electrons. The number of nitrogens with one attached hydrogen (secondary N) is 1. The van der Waals surface area contributed by atoms with E-state index in [1.807, 2.05) is 24.3 Å². The van der Waals surface area contributed by atoms with Gasteiger partial charge < -0.3 is 4.74 Å². The fourth-order valence-electron chi connectivity index (χ4n) is 2.24. The van der Waals surface area contributed by atoms with E-state index in [2.05, 4.69) is 46.5 Å². The molecule has 0 fully saturated rings. The van der Waals surface area contributed by atoms with Crippen molar-refractivity contribution < 1.29 is 4.74 Å². The molecule has 0 bridgehead atoms. The minimum Gasteiger partial charge on any atom is -0.496 e. The van der Waals surface area contributed by atoms with Gasteiger partial charge in [0, 0.05) is 10.0 Å². The SMILES string of the molecule is COc1ccc(C)cc1C(Cc1ccc(Br)cc1)NN. The number of nitrogens with two attached hydrogens (primary N) is 1. The van der Waals surface area contributed by atoms with Crippen LogP contribution in [0, 0.1) is 6.92 Å². The first-order chi connectivity index (χ1) is 9.63. The van der Waals surface area contributed by atoms with Gasteiger partial charge in [-0.25, -0.2) is 0 Å². The summed E-state index contributed by atoms with van der Waals surface area (Å²) in [7, 11) is 1.68. The smallest absolute Gasteiger partial charge is 0.123 e. The summed E-state index contributed by atoms with van der Waals surface area (Å²) in [6.45, 7) is 2.07. The van der Waals surface area contributed by atoms with Crippen LogP contribution in [0.3, 0.4) is 0 Å². The Morgan fingerprint density at radius 2 is 1.90 bits per heavy atom. The minimum absolute atomic E-state index is 0.0195. The van der Waals surface area contributed by atoms with E-state index in [4.69, 9.17) is 10.6 Å². The first kappa shape index (κ1) is 15.0. The highest BCUT2D eigenvalue weighted by molar-refractivity contribution is 9.10. The van der Waals surface area contributed by atoms with Crippen LogP contribution in [0.2, 0.25) is 0 Å². The van der Waals surface area contributed by atoms with E-state index in [1.54, 1.807) is 7.11 Å². The van der Waals surface area contributed by atoms with E-state index in [1.165, 1.54) is 11.1 Å². The number of methoxy groups -OCH3 is 1. The third-order valence-electron chi connectivity index (χ3n) is 3.31. The molecule has 0 heterocycles. The van der Waals surface area contributed by atoms with E-state index in [0.29, 0.717) is 0 Å². The summed E-state index contributed by atoms with van der Waals surface area (Å²) in [4.78, 5) is 0. The van der Waals surface area contributed by atoms with E-state index in [9.17, 15) is 0 Å². The van der Waals surface area contributed by atoms with Gasteiger partial charge in [-0.1, -0.05) is 45.8 Å². The van der Waals surface area contributed by atoms with Crippen molar-refractivity contribution in [1.82, 2.24) is 5.43 Å². The van der Waals surface area contributed by atoms with Crippen LogP contribution in [0.15, 0.2) is 46.9 Å². The zero-order valence-corrected chi connectivity index (χ0v) is 13.3. The lowest BCUT2D eigenvalue weighted by atomic mass is 9.97. The molecule has 0 aliphatic rings. The number of rotatable bonds is 5. The quantitative estimate of drug-likeness (QED) is 0.649. The van der Waals surface area contributed by atoms with Crippen LogP contribution < -0.4 is 16.0 Å². The molecule has 1 unspecified atom stereocenters. The molecule has 2 aromatic rings. The number of aryl methyl sites for hydroxylation is 1. The molecule has 3 nitrogen and oxygen atoms in total. The number of hydrogen-bond donors (Lipinski definition) is 2. The Morgan fingerprint density at radius 1 is 1.20 bits per heavy atom. The number of hydrazine groups is 1. The largest absolute Gasteiger partial charge is 0.496 e. The molecule has 20 heavy (non-hydrogen) atoms. The topological polar surface area (TPSA) is 47.3 Å². The normalized spacial score (nSPS) is 12.2. The van der Waals surface area contributed by atoms with Crippen LogP contribution in [-0.2, 0) is 6.42 Å². The van der Waals surface area contributed by atoms with Gasteiger partial charge in [0.05, 0.1) is 13.2 Å². The minimum atomic E-state index is 0.0195. The van der Waals surface area contributed by atoms with Gasteiger partial charge in [-0.2, -0.15) is 0 Å². The number of benzene rings is 2. The predicted octanol–water partition coefficient (Wildman–Crippen LogP) is 3.51. The number of ether oxygens (including phenoxy) is 1. The maximum atomic E-state index is 5.74. The Bertz CT molecular complexity index is 569. The lowest BCUT2D eigenvalue weighted by Crippen LogP contribution is -2.30. The molecule has 0 aromatic heterocycles. The molecule has 2 rings (SSSR count). The second-order valence-electron chi connectivity index (χ2n) is 4.80. The van der Waals surface area contributed by atoms with E-state index in [-0.39, 0.29) is 6.04 Å². The fourth-order valence-corrected chi connectivity index (χ4v) is 2.51. The monoisotopic (exact) mass is 334 g/mol. The molecule has 0 saturated heterocycles. The van der Waals surface area contributed by atoms with Gasteiger partial charge in [-0.15, -0.1) is 0 Å². The zero-order valence-electron chi connectivity index (χ0n) is 11.7. The van der Waals surface area contributed by atoms with Crippen molar-refractivity contribution >= 4 is 15.9 Å². The first-order valence-electron chi connectivity index (χ1n) is 6.49. The zero-order chi connectivity index (χ0) is 14.5.